The van der Waals surface area contributed by atoms with Crippen LogP contribution in [0.15, 0.2) is 42.5 Å². The first-order valence-electron chi connectivity index (χ1n) is 6.71. The van der Waals surface area contributed by atoms with E-state index in [9.17, 15) is 26.3 Å². The lowest BCUT2D eigenvalue weighted by atomic mass is 9.92. The smallest absolute Gasteiger partial charge is 0.330 e. The molecule has 0 spiro atoms. The number of rotatable bonds is 3. The van der Waals surface area contributed by atoms with Crippen molar-refractivity contribution >= 4 is 0 Å². The van der Waals surface area contributed by atoms with Gasteiger partial charge in [0.2, 0.25) is 0 Å². The highest BCUT2D eigenvalue weighted by atomic mass is 19.4. The van der Waals surface area contributed by atoms with E-state index in [1.54, 1.807) is 0 Å². The molecule has 0 aliphatic heterocycles. The fraction of sp³-hybridized carbons (Fsp3) is 0.250. The summed E-state index contributed by atoms with van der Waals surface area (Å²) >= 11 is 0. The van der Waals surface area contributed by atoms with Gasteiger partial charge in [0.05, 0.1) is 11.1 Å². The van der Waals surface area contributed by atoms with Gasteiger partial charge in [0.25, 0.3) is 0 Å². The zero-order valence-corrected chi connectivity index (χ0v) is 11.8. The predicted molar refractivity (Wildman–Crippen MR) is 74.6 cm³/mol. The Hall–Kier alpha value is -2.02. The van der Waals surface area contributed by atoms with E-state index in [1.165, 1.54) is 24.3 Å². The van der Waals surface area contributed by atoms with Gasteiger partial charge in [-0.05, 0) is 41.8 Å². The van der Waals surface area contributed by atoms with Gasteiger partial charge < -0.3 is 5.73 Å². The van der Waals surface area contributed by atoms with Gasteiger partial charge >= 0.3 is 12.4 Å². The largest absolute Gasteiger partial charge is 0.417 e. The molecule has 0 aromatic heterocycles. The molecule has 7 heteroatoms. The van der Waals surface area contributed by atoms with Crippen LogP contribution in [0.3, 0.4) is 0 Å². The van der Waals surface area contributed by atoms with Crippen LogP contribution < -0.4 is 5.73 Å². The Morgan fingerprint density at radius 2 is 1.48 bits per heavy atom. The molecular weight excluding hydrogens is 320 g/mol. The molecule has 0 saturated heterocycles. The molecular formula is C16H13F6N. The normalized spacial score (nSPS) is 12.5. The summed E-state index contributed by atoms with van der Waals surface area (Å²) in [6.07, 6.45) is -9.32. The molecule has 0 atom stereocenters. The molecule has 0 aliphatic rings. The van der Waals surface area contributed by atoms with Crippen LogP contribution in [-0.2, 0) is 18.8 Å². The standard InChI is InChI=1S/C16H13F6N/c17-15(18,19)12-5-1-4-11(9-12)13-6-2-3-10(7-8-23)14(13)16(20,21)22/h1-6,9H,7-8,23H2. The highest BCUT2D eigenvalue weighted by Crippen LogP contribution is 2.41. The lowest BCUT2D eigenvalue weighted by molar-refractivity contribution is -0.138. The fourth-order valence-electron chi connectivity index (χ4n) is 2.40. The molecule has 0 bridgehead atoms. The second-order valence-corrected chi connectivity index (χ2v) is 4.95. The van der Waals surface area contributed by atoms with Gasteiger partial charge in [0.1, 0.15) is 0 Å². The summed E-state index contributed by atoms with van der Waals surface area (Å²) in [4.78, 5) is 0. The summed E-state index contributed by atoms with van der Waals surface area (Å²) < 4.78 is 78.5. The van der Waals surface area contributed by atoms with Crippen molar-refractivity contribution in [3.05, 3.63) is 59.2 Å². The third-order valence-corrected chi connectivity index (χ3v) is 3.35. The van der Waals surface area contributed by atoms with Crippen molar-refractivity contribution < 1.29 is 26.3 Å². The van der Waals surface area contributed by atoms with Gasteiger partial charge in [-0.1, -0.05) is 30.3 Å². The van der Waals surface area contributed by atoms with E-state index >= 15 is 0 Å². The first-order valence-corrected chi connectivity index (χ1v) is 6.71. The first kappa shape index (κ1) is 17.3. The first-order chi connectivity index (χ1) is 10.6. The molecule has 23 heavy (non-hydrogen) atoms. The Labute approximate surface area is 128 Å². The lowest BCUT2D eigenvalue weighted by Gasteiger charge is -2.18. The molecule has 2 aromatic carbocycles. The van der Waals surface area contributed by atoms with Crippen molar-refractivity contribution in [2.24, 2.45) is 5.73 Å². The van der Waals surface area contributed by atoms with Crippen LogP contribution in [0.5, 0.6) is 0 Å². The van der Waals surface area contributed by atoms with Crippen molar-refractivity contribution in [2.75, 3.05) is 6.54 Å². The highest BCUT2D eigenvalue weighted by molar-refractivity contribution is 5.70. The van der Waals surface area contributed by atoms with E-state index < -0.39 is 23.5 Å². The molecule has 0 heterocycles. The van der Waals surface area contributed by atoms with E-state index in [1.807, 2.05) is 0 Å². The second kappa shape index (κ2) is 6.23. The maximum absolute atomic E-state index is 13.4. The van der Waals surface area contributed by atoms with Gasteiger partial charge in [0, 0.05) is 0 Å². The quantitative estimate of drug-likeness (QED) is 0.795. The number of alkyl halides is 6. The zero-order valence-electron chi connectivity index (χ0n) is 11.8. The number of hydrogen-bond donors (Lipinski definition) is 1. The minimum atomic E-state index is -4.69. The van der Waals surface area contributed by atoms with E-state index in [4.69, 9.17) is 5.73 Å². The average molecular weight is 333 g/mol. The Morgan fingerprint density at radius 1 is 0.826 bits per heavy atom. The van der Waals surface area contributed by atoms with Crippen LogP contribution in [0.2, 0.25) is 0 Å². The maximum atomic E-state index is 13.4. The van der Waals surface area contributed by atoms with Crippen molar-refractivity contribution in [2.45, 2.75) is 18.8 Å². The number of hydrogen-bond acceptors (Lipinski definition) is 1. The minimum Gasteiger partial charge on any atom is -0.330 e. The van der Waals surface area contributed by atoms with Crippen molar-refractivity contribution in [1.29, 1.82) is 0 Å². The molecule has 2 rings (SSSR count). The van der Waals surface area contributed by atoms with Gasteiger partial charge in [-0.3, -0.25) is 0 Å². The lowest BCUT2D eigenvalue weighted by Crippen LogP contribution is -2.14. The summed E-state index contributed by atoms with van der Waals surface area (Å²) in [6.45, 7) is 0.00905. The topological polar surface area (TPSA) is 26.0 Å². The Morgan fingerprint density at radius 3 is 2.04 bits per heavy atom. The fourth-order valence-corrected chi connectivity index (χ4v) is 2.40. The summed E-state index contributed by atoms with van der Waals surface area (Å²) in [5.74, 6) is 0. The summed E-state index contributed by atoms with van der Waals surface area (Å²) in [5, 5.41) is 0. The Bertz CT molecular complexity index is 688. The number of nitrogens with two attached hydrogens (primary N) is 1. The molecule has 2 aromatic rings. The summed E-state index contributed by atoms with van der Waals surface area (Å²) in [7, 11) is 0. The number of benzene rings is 2. The molecule has 0 unspecified atom stereocenters. The van der Waals surface area contributed by atoms with E-state index in [0.29, 0.717) is 0 Å². The second-order valence-electron chi connectivity index (χ2n) is 4.95. The van der Waals surface area contributed by atoms with Crippen LogP contribution in [0.25, 0.3) is 11.1 Å². The third kappa shape index (κ3) is 3.85. The van der Waals surface area contributed by atoms with Gasteiger partial charge in [-0.2, -0.15) is 26.3 Å². The molecule has 0 aliphatic carbocycles. The SMILES string of the molecule is NCCc1cccc(-c2cccc(C(F)(F)F)c2)c1C(F)(F)F. The molecule has 0 amide bonds. The van der Waals surface area contributed by atoms with E-state index in [0.717, 1.165) is 18.2 Å². The van der Waals surface area contributed by atoms with Crippen LogP contribution in [0.1, 0.15) is 16.7 Å². The summed E-state index contributed by atoms with van der Waals surface area (Å²) in [5.41, 5.74) is 2.94. The monoisotopic (exact) mass is 333 g/mol. The molecule has 124 valence electrons. The molecule has 2 N–H and O–H groups in total. The Kier molecular flexibility index (Phi) is 4.70. The van der Waals surface area contributed by atoms with Gasteiger partial charge in [-0.15, -0.1) is 0 Å². The van der Waals surface area contributed by atoms with E-state index in [-0.39, 0.29) is 29.7 Å². The van der Waals surface area contributed by atoms with Crippen LogP contribution in [0, 0.1) is 0 Å². The zero-order chi connectivity index (χ0) is 17.3. The summed E-state index contributed by atoms with van der Waals surface area (Å²) in [6, 6.07) is 7.69. The van der Waals surface area contributed by atoms with Crippen molar-refractivity contribution in [3.63, 3.8) is 0 Å². The molecule has 1 nitrogen and oxygen atoms in total. The number of halogens is 6. The van der Waals surface area contributed by atoms with Crippen LogP contribution in [0.4, 0.5) is 26.3 Å². The predicted octanol–water partition coefficient (Wildman–Crippen LogP) is 4.89. The van der Waals surface area contributed by atoms with Gasteiger partial charge in [-0.25, -0.2) is 0 Å². The van der Waals surface area contributed by atoms with Crippen molar-refractivity contribution in [1.82, 2.24) is 0 Å². The third-order valence-electron chi connectivity index (χ3n) is 3.35. The van der Waals surface area contributed by atoms with Crippen molar-refractivity contribution in [3.8, 4) is 11.1 Å². The maximum Gasteiger partial charge on any atom is 0.417 e. The average Bonchev–Trinajstić information content (AvgIpc) is 2.45. The minimum absolute atomic E-state index is 0.00905. The van der Waals surface area contributed by atoms with E-state index in [2.05, 4.69) is 0 Å². The molecule has 0 saturated carbocycles. The molecule has 0 fully saturated rings. The highest BCUT2D eigenvalue weighted by Gasteiger charge is 2.37. The molecule has 0 radical (unpaired) electrons. The Balaban J connectivity index is 2.67. The van der Waals surface area contributed by atoms with Gasteiger partial charge in [0.15, 0.2) is 0 Å². The van der Waals surface area contributed by atoms with Crippen LogP contribution >= 0.6 is 0 Å². The van der Waals surface area contributed by atoms with Crippen LogP contribution in [-0.4, -0.2) is 6.54 Å².